The van der Waals surface area contributed by atoms with Gasteiger partial charge in [-0.25, -0.2) is 23.8 Å². The van der Waals surface area contributed by atoms with Crippen LogP contribution >= 0.6 is 0 Å². The third kappa shape index (κ3) is 3.17. The molecule has 0 aliphatic carbocycles. The number of hydrogen-bond donors (Lipinski definition) is 1. The molecule has 2 aromatic rings. The van der Waals surface area contributed by atoms with E-state index in [0.29, 0.717) is 6.61 Å². The van der Waals surface area contributed by atoms with Crippen molar-refractivity contribution in [2.75, 3.05) is 13.7 Å². The fourth-order valence-corrected chi connectivity index (χ4v) is 3.62. The van der Waals surface area contributed by atoms with Crippen LogP contribution in [0.3, 0.4) is 0 Å². The van der Waals surface area contributed by atoms with E-state index in [-0.39, 0.29) is 21.8 Å². The van der Waals surface area contributed by atoms with Crippen molar-refractivity contribution in [3.05, 3.63) is 36.4 Å². The zero-order valence-electron chi connectivity index (χ0n) is 13.2. The summed E-state index contributed by atoms with van der Waals surface area (Å²) in [6.45, 7) is 0.685. The minimum atomic E-state index is -3.36. The number of carbonyl (C=O) groups is 1. The van der Waals surface area contributed by atoms with Crippen LogP contribution in [0, 0.1) is 4.78 Å². The summed E-state index contributed by atoms with van der Waals surface area (Å²) in [5.74, 6) is -0.538. The first kappa shape index (κ1) is 16.6. The summed E-state index contributed by atoms with van der Waals surface area (Å²) in [6, 6.07) is 2.82. The highest BCUT2D eigenvalue weighted by Gasteiger charge is 2.22. The lowest BCUT2D eigenvalue weighted by atomic mass is 10.2. The Morgan fingerprint density at radius 1 is 1.38 bits per heavy atom. The van der Waals surface area contributed by atoms with Crippen LogP contribution in [0.1, 0.15) is 35.8 Å². The number of hydrogen-bond acceptors (Lipinski definition) is 7. The van der Waals surface area contributed by atoms with Crippen molar-refractivity contribution in [3.8, 4) is 0 Å². The quantitative estimate of drug-likeness (QED) is 0.847. The second-order valence-electron chi connectivity index (χ2n) is 5.41. The zero-order chi connectivity index (χ0) is 17.2. The fourth-order valence-electron chi connectivity index (χ4n) is 2.48. The van der Waals surface area contributed by atoms with E-state index in [9.17, 15) is 9.00 Å². The van der Waals surface area contributed by atoms with E-state index in [0.717, 1.165) is 19.3 Å². The summed E-state index contributed by atoms with van der Waals surface area (Å²) in [7, 11) is -2.09. The van der Waals surface area contributed by atoms with Crippen LogP contribution in [0.15, 0.2) is 40.9 Å². The number of nitrogens with zero attached hydrogens (tertiary/aromatic N) is 3. The van der Waals surface area contributed by atoms with Gasteiger partial charge in [-0.1, -0.05) is 0 Å². The number of imidazole rings is 1. The highest BCUT2D eigenvalue weighted by molar-refractivity contribution is 7.92. The van der Waals surface area contributed by atoms with Gasteiger partial charge in [-0.2, -0.15) is 0 Å². The van der Waals surface area contributed by atoms with Crippen molar-refractivity contribution in [2.24, 2.45) is 0 Å². The molecule has 1 aliphatic rings. The predicted octanol–water partition coefficient (Wildman–Crippen LogP) is 2.23. The zero-order valence-corrected chi connectivity index (χ0v) is 14.0. The minimum absolute atomic E-state index is 0.0463. The molecule has 128 valence electrons. The van der Waals surface area contributed by atoms with Gasteiger partial charge in [0, 0.05) is 19.0 Å². The van der Waals surface area contributed by atoms with Gasteiger partial charge in [0.05, 0.1) is 19.0 Å². The molecule has 0 spiro atoms. The monoisotopic (exact) mass is 350 g/mol. The molecule has 9 heteroatoms. The molecule has 24 heavy (non-hydrogen) atoms. The largest absolute Gasteiger partial charge is 0.465 e. The maximum absolute atomic E-state index is 12.8. The molecule has 1 N–H and O–H groups in total. The third-order valence-corrected chi connectivity index (χ3v) is 5.44. The van der Waals surface area contributed by atoms with Crippen LogP contribution in [-0.4, -0.2) is 38.4 Å². The topological polar surface area (TPSA) is 107 Å². The molecule has 1 fully saturated rings. The number of carbonyl (C=O) groups excluding carboxylic acids is 1. The first-order valence-corrected chi connectivity index (χ1v) is 9.06. The van der Waals surface area contributed by atoms with Gasteiger partial charge in [0.1, 0.15) is 21.0 Å². The van der Waals surface area contributed by atoms with Gasteiger partial charge in [0.25, 0.3) is 0 Å². The van der Waals surface area contributed by atoms with Crippen LogP contribution < -0.4 is 0 Å². The van der Waals surface area contributed by atoms with E-state index >= 15 is 0 Å². The Bertz CT molecular complexity index is 823. The van der Waals surface area contributed by atoms with Crippen LogP contribution in [0.5, 0.6) is 0 Å². The summed E-state index contributed by atoms with van der Waals surface area (Å²) in [5, 5.41) is 0.167. The second-order valence-corrected chi connectivity index (χ2v) is 7.36. The van der Waals surface area contributed by atoms with E-state index in [1.165, 1.54) is 31.8 Å². The molecule has 3 heterocycles. The third-order valence-electron chi connectivity index (χ3n) is 3.81. The molecule has 3 rings (SSSR count). The number of aromatic nitrogens is 3. The average molecular weight is 350 g/mol. The predicted molar refractivity (Wildman–Crippen MR) is 84.0 cm³/mol. The Morgan fingerprint density at radius 3 is 2.83 bits per heavy atom. The number of esters is 1. The number of methoxy groups -OCH3 is 1. The van der Waals surface area contributed by atoms with Crippen molar-refractivity contribution in [2.45, 2.75) is 35.5 Å². The molecule has 8 nitrogen and oxygen atoms in total. The highest BCUT2D eigenvalue weighted by Crippen LogP contribution is 2.25. The molecule has 0 aromatic carbocycles. The molecule has 2 unspecified atom stereocenters. The number of rotatable bonds is 4. The van der Waals surface area contributed by atoms with Gasteiger partial charge in [-0.15, -0.1) is 0 Å². The Kier molecular flexibility index (Phi) is 4.63. The van der Waals surface area contributed by atoms with Gasteiger partial charge in [-0.05, 0) is 31.4 Å². The maximum Gasteiger partial charge on any atom is 0.339 e. The first-order chi connectivity index (χ1) is 11.5. The van der Waals surface area contributed by atoms with Crippen molar-refractivity contribution in [3.63, 3.8) is 0 Å². The Morgan fingerprint density at radius 2 is 2.21 bits per heavy atom. The summed E-state index contributed by atoms with van der Waals surface area (Å²) >= 11 is 0. The number of pyridine rings is 1. The maximum atomic E-state index is 12.8. The molecule has 0 bridgehead atoms. The lowest BCUT2D eigenvalue weighted by Crippen LogP contribution is -2.16. The van der Waals surface area contributed by atoms with E-state index in [4.69, 9.17) is 9.52 Å². The van der Waals surface area contributed by atoms with Gasteiger partial charge >= 0.3 is 5.97 Å². The summed E-state index contributed by atoms with van der Waals surface area (Å²) in [4.78, 5) is 19.5. The average Bonchev–Trinajstić information content (AvgIpc) is 3.13. The molecular weight excluding hydrogens is 332 g/mol. The summed E-state index contributed by atoms with van der Waals surface area (Å²) in [6.07, 6.45) is 7.17. The summed E-state index contributed by atoms with van der Waals surface area (Å²) < 4.78 is 33.0. The van der Waals surface area contributed by atoms with Gasteiger partial charge in [0.15, 0.2) is 5.03 Å². The van der Waals surface area contributed by atoms with E-state index in [2.05, 4.69) is 14.7 Å². The molecule has 2 aromatic heterocycles. The Labute approximate surface area is 139 Å². The Hall–Kier alpha value is -2.26. The second kappa shape index (κ2) is 6.70. The normalized spacial score (nSPS) is 20.3. The number of ether oxygens (including phenoxy) is 2. The molecular formula is C15H18N4O4S. The fraction of sp³-hybridized carbons (Fsp3) is 0.400. The standard InChI is InChI=1S/C15H18N4O4S/c1-22-15(20)11-5-6-12(17-8-11)24(16,21)13-9-19(10-18-13)14-4-2-3-7-23-14/h5-6,8-10,14,16H,2-4,7H2,1H3. The molecule has 0 saturated carbocycles. The van der Waals surface area contributed by atoms with Crippen LogP contribution in [-0.2, 0) is 19.2 Å². The molecule has 0 amide bonds. The van der Waals surface area contributed by atoms with Gasteiger partial charge in [0.2, 0.25) is 0 Å². The highest BCUT2D eigenvalue weighted by atomic mass is 32.2. The lowest BCUT2D eigenvalue weighted by molar-refractivity contribution is -0.0321. The molecule has 1 saturated heterocycles. The van der Waals surface area contributed by atoms with E-state index in [1.54, 1.807) is 10.8 Å². The van der Waals surface area contributed by atoms with E-state index in [1.807, 2.05) is 0 Å². The minimum Gasteiger partial charge on any atom is -0.465 e. The SMILES string of the molecule is COC(=O)c1ccc(S(=N)(=O)c2cn(C3CCCCO3)cn2)nc1. The van der Waals surface area contributed by atoms with Gasteiger partial charge < -0.3 is 14.0 Å². The van der Waals surface area contributed by atoms with Crippen molar-refractivity contribution in [1.29, 1.82) is 4.78 Å². The molecule has 2 atom stereocenters. The van der Waals surface area contributed by atoms with E-state index < -0.39 is 15.7 Å². The van der Waals surface area contributed by atoms with Gasteiger partial charge in [-0.3, -0.25) is 0 Å². The molecule has 1 aliphatic heterocycles. The first-order valence-electron chi connectivity index (χ1n) is 7.50. The van der Waals surface area contributed by atoms with Crippen molar-refractivity contribution >= 4 is 15.7 Å². The summed E-state index contributed by atoms with van der Waals surface area (Å²) in [5.41, 5.74) is 0.234. The van der Waals surface area contributed by atoms with Crippen molar-refractivity contribution in [1.82, 2.24) is 14.5 Å². The van der Waals surface area contributed by atoms with Crippen LogP contribution in [0.2, 0.25) is 0 Å². The number of nitrogens with one attached hydrogen (secondary N) is 1. The molecule has 0 radical (unpaired) electrons. The van der Waals surface area contributed by atoms with Crippen molar-refractivity contribution < 1.29 is 18.5 Å². The lowest BCUT2D eigenvalue weighted by Gasteiger charge is -2.23. The smallest absolute Gasteiger partial charge is 0.339 e. The van der Waals surface area contributed by atoms with Crippen LogP contribution in [0.4, 0.5) is 0 Å². The Balaban J connectivity index is 1.85. The van der Waals surface area contributed by atoms with Crippen LogP contribution in [0.25, 0.3) is 0 Å².